The summed E-state index contributed by atoms with van der Waals surface area (Å²) in [5.41, 5.74) is 10.2. The van der Waals surface area contributed by atoms with Crippen molar-refractivity contribution in [2.45, 2.75) is 114 Å². The van der Waals surface area contributed by atoms with Crippen molar-refractivity contribution >= 4 is 115 Å². The number of ketones is 3. The molecule has 0 amide bonds. The second-order valence-corrected chi connectivity index (χ2v) is 34.8. The van der Waals surface area contributed by atoms with Crippen LogP contribution in [0.3, 0.4) is 0 Å². The summed E-state index contributed by atoms with van der Waals surface area (Å²) in [4.78, 5) is 111. The van der Waals surface area contributed by atoms with Crippen LogP contribution in [-0.2, 0) is 17.8 Å². The fourth-order valence-corrected chi connectivity index (χ4v) is 17.1. The Morgan fingerprint density at radius 3 is 1.05 bits per heavy atom. The van der Waals surface area contributed by atoms with Gasteiger partial charge >= 0.3 is 0 Å². The summed E-state index contributed by atoms with van der Waals surface area (Å²) in [7, 11) is 0. The Balaban J connectivity index is 0.000000140. The molecule has 6 aromatic heterocycles. The van der Waals surface area contributed by atoms with Crippen molar-refractivity contribution in [3.8, 4) is 50.3 Å². The highest BCUT2D eigenvalue weighted by Crippen LogP contribution is 2.38. The third kappa shape index (κ3) is 23.3. The Morgan fingerprint density at radius 1 is 0.317 bits per heavy atom. The number of rotatable bonds is 16. The minimum Gasteiger partial charge on any atom is -0.507 e. The van der Waals surface area contributed by atoms with Gasteiger partial charge in [0.2, 0.25) is 32.6 Å². The highest BCUT2D eigenvalue weighted by molar-refractivity contribution is 9.10. The van der Waals surface area contributed by atoms with Gasteiger partial charge in [0.05, 0.1) is 45.2 Å². The Labute approximate surface area is 827 Å². The number of halogens is 6. The van der Waals surface area contributed by atoms with Crippen molar-refractivity contribution in [2.75, 3.05) is 0 Å². The van der Waals surface area contributed by atoms with E-state index in [1.807, 2.05) is 224 Å². The molecule has 0 radical (unpaired) electrons. The van der Waals surface area contributed by atoms with E-state index in [2.05, 4.69) is 31.9 Å². The maximum Gasteiger partial charge on any atom is 0.210 e. The molecule has 26 heteroatoms. The highest BCUT2D eigenvalue weighted by Gasteiger charge is 2.29. The number of aryl methyl sites for hydroxylation is 5. The first-order valence-corrected chi connectivity index (χ1v) is 46.3. The molecule has 720 valence electrons. The third-order valence-electron chi connectivity index (χ3n) is 22.9. The number of ether oxygens (including phenoxy) is 1. The lowest BCUT2D eigenvalue weighted by Crippen LogP contribution is -2.13. The van der Waals surface area contributed by atoms with E-state index in [1.54, 1.807) is 49.4 Å². The van der Waals surface area contributed by atoms with Crippen molar-refractivity contribution in [3.05, 3.63) is 470 Å². The van der Waals surface area contributed by atoms with Gasteiger partial charge in [-0.3, -0.25) is 43.2 Å². The molecule has 0 fully saturated rings. The Morgan fingerprint density at radius 2 is 0.627 bits per heavy atom. The van der Waals surface area contributed by atoms with Crippen LogP contribution in [0.15, 0.2) is 361 Å². The van der Waals surface area contributed by atoms with Gasteiger partial charge < -0.3 is 51.7 Å². The number of carbonyl (C=O) groups excluding carboxylic acids is 3. The fourth-order valence-electron chi connectivity index (χ4n) is 16.0. The quantitative estimate of drug-likeness (QED) is 0.0516. The van der Waals surface area contributed by atoms with E-state index in [0.717, 1.165) is 50.1 Å². The van der Waals surface area contributed by atoms with E-state index in [4.69, 9.17) is 31.2 Å². The maximum absolute atomic E-state index is 14.1. The molecular weight excluding hydrogens is 1950 g/mol. The number of aliphatic hydroxyl groups excluding tert-OH is 3. The van der Waals surface area contributed by atoms with Crippen LogP contribution < -0.4 is 32.6 Å². The number of Topliss-reactive ketones (excluding diaryl/α,β-unsaturated/α-hetero) is 3. The van der Waals surface area contributed by atoms with E-state index in [9.17, 15) is 81.1 Å². The van der Waals surface area contributed by atoms with Crippen LogP contribution in [0, 0.1) is 57.9 Å². The van der Waals surface area contributed by atoms with Crippen LogP contribution in [0.1, 0.15) is 159 Å². The Kier molecular flexibility index (Phi) is 34.0. The molecule has 19 rings (SSSR count). The molecule has 0 saturated heterocycles. The Bertz CT molecular complexity index is 8320. The second kappa shape index (κ2) is 46.5. The summed E-state index contributed by atoms with van der Waals surface area (Å²) >= 11 is 5.95. The lowest BCUT2D eigenvalue weighted by Gasteiger charge is -2.17. The van der Waals surface area contributed by atoms with Crippen LogP contribution in [0.2, 0.25) is 0 Å². The topological polar surface area (TPSA) is 323 Å². The van der Waals surface area contributed by atoms with Gasteiger partial charge in [-0.05, 0) is 222 Å². The molecule has 4 atom stereocenters. The SMILES string of the molecule is CC(=O)c1oc2cccc(F)c2c(=O)c1-c1ccccc1C.CC(=O)c1oc2cccc(F)c2c(=O)c1Br.CC(O)c1oc2cccc(F)c2c(=O)c1Br.Cc1cccc(O)c1C(=O)Cc1ccccc1.Cc1cccc2oc(C(C)O)c(-c3ccccc3)c(=O)c12.Cc1cccc2oc(C(C)OCc3ccccc3)c(-c3ccccc3)c(=O)c12.Cc1ccccc1-c1c(C(C)O)oc2cccc(F)c2c1=O. The first-order chi connectivity index (χ1) is 68.0. The summed E-state index contributed by atoms with van der Waals surface area (Å²) in [6.07, 6.45) is -2.81. The van der Waals surface area contributed by atoms with Crippen molar-refractivity contribution in [3.63, 3.8) is 0 Å². The first-order valence-electron chi connectivity index (χ1n) is 44.7. The van der Waals surface area contributed by atoms with Gasteiger partial charge in [-0.15, -0.1) is 0 Å². The fraction of sp³-hybridized carbons (Fsp3) is 0.147. The van der Waals surface area contributed by atoms with E-state index < -0.39 is 69.1 Å². The number of phenols is 1. The monoisotopic (exact) mass is 2040 g/mol. The maximum atomic E-state index is 14.1. The predicted molar refractivity (Wildman–Crippen MR) is 550 cm³/mol. The molecule has 0 aliphatic carbocycles. The number of phenolic OH excluding ortho intramolecular Hbond substituents is 1. The molecule has 20 nitrogen and oxygen atoms in total. The minimum atomic E-state index is -0.977. The lowest BCUT2D eigenvalue weighted by molar-refractivity contribution is 0.0389. The van der Waals surface area contributed by atoms with Crippen LogP contribution >= 0.6 is 31.9 Å². The van der Waals surface area contributed by atoms with E-state index >= 15 is 0 Å². The van der Waals surface area contributed by atoms with Crippen molar-refractivity contribution < 1.29 is 83.6 Å². The molecule has 4 unspecified atom stereocenters. The number of aromatic hydroxyl groups is 1. The van der Waals surface area contributed by atoms with Crippen LogP contribution in [-0.4, -0.2) is 37.8 Å². The molecule has 13 aromatic carbocycles. The highest BCUT2D eigenvalue weighted by atomic mass is 79.9. The molecule has 0 spiro atoms. The predicted octanol–water partition coefficient (Wildman–Crippen LogP) is 26.7. The van der Waals surface area contributed by atoms with Gasteiger partial charge in [-0.2, -0.15) is 0 Å². The zero-order valence-corrected chi connectivity index (χ0v) is 81.8. The van der Waals surface area contributed by atoms with Gasteiger partial charge in [0, 0.05) is 20.3 Å². The zero-order valence-electron chi connectivity index (χ0n) is 78.6. The first kappa shape index (κ1) is 104. The minimum absolute atomic E-state index is 0.0179. The normalized spacial score (nSPS) is 11.8. The van der Waals surface area contributed by atoms with Crippen LogP contribution in [0.4, 0.5) is 17.6 Å². The third-order valence-corrected chi connectivity index (χ3v) is 24.4. The summed E-state index contributed by atoms with van der Waals surface area (Å²) in [6.45, 7) is 18.9. The standard InChI is InChI=1S/C25H22O3.C18H15FO3.C18H13FO3.C18H16O3.C15H14O2.C11H8BrFO3.C11H6BrFO3/c1-17-10-9-15-21-22(17)24(26)23(20-13-7-4-8-14-20)25(28-21)18(2)27-16-19-11-5-3-6-12-19;2*1-10-6-3-4-7-12(10)15-17(21)16-13(19)8-5-9-14(16)22-18(15)11(2)20;1-11-7-6-10-14-15(11)17(20)16(18(21-14)12(2)19)13-8-4-3-5-9-13;1-11-6-5-9-13(16)15(11)14(17)10-12-7-3-2-4-8-12;2*1-5(14)11-9(12)10(15)8-6(13)3-2-4-7(8)16-11/h3-15,18H,16H2,1-2H3;3-9,11,20H,1-2H3;3-9H,1-2H3;3-10,12,19H,1-2H3;2-9,16H,10H2,1H3;2-5,14H,1H3;2-4H,1H3. The largest absolute Gasteiger partial charge is 0.507 e. The summed E-state index contributed by atoms with van der Waals surface area (Å²) in [6, 6.07) is 85.7. The molecule has 0 saturated carbocycles. The van der Waals surface area contributed by atoms with Gasteiger partial charge in [-0.25, -0.2) is 17.6 Å². The van der Waals surface area contributed by atoms with E-state index in [1.165, 1.54) is 100 Å². The zero-order chi connectivity index (χ0) is 102. The average molecular weight is 2040 g/mol. The Hall–Kier alpha value is -15.6. The smallest absolute Gasteiger partial charge is 0.210 e. The van der Waals surface area contributed by atoms with Crippen LogP contribution in [0.25, 0.3) is 110 Å². The van der Waals surface area contributed by atoms with Crippen LogP contribution in [0.5, 0.6) is 5.75 Å². The van der Waals surface area contributed by atoms with E-state index in [-0.39, 0.29) is 121 Å². The number of aliphatic hydroxyl groups is 3. The number of benzene rings is 13. The number of carbonyl (C=O) groups is 3. The summed E-state index contributed by atoms with van der Waals surface area (Å²) in [5, 5.41) is 39.8. The lowest BCUT2D eigenvalue weighted by atomic mass is 9.96. The van der Waals surface area contributed by atoms with Crippen molar-refractivity contribution in [1.29, 1.82) is 0 Å². The molecule has 0 aliphatic rings. The second-order valence-electron chi connectivity index (χ2n) is 33.2. The average Bonchev–Trinajstić information content (AvgIpc) is 0.744. The summed E-state index contributed by atoms with van der Waals surface area (Å²) in [5.74, 6) is -2.36. The molecule has 0 bridgehead atoms. The number of hydrogen-bond acceptors (Lipinski definition) is 20. The van der Waals surface area contributed by atoms with Gasteiger partial charge in [0.15, 0.2) is 34.6 Å². The molecule has 0 aliphatic heterocycles. The molecule has 4 N–H and O–H groups in total. The van der Waals surface area contributed by atoms with Gasteiger partial charge in [0.25, 0.3) is 0 Å². The molecule has 6 heterocycles. The van der Waals surface area contributed by atoms with Crippen molar-refractivity contribution in [1.82, 2.24) is 0 Å². The van der Waals surface area contributed by atoms with Crippen molar-refractivity contribution in [2.24, 2.45) is 0 Å². The number of fused-ring (bicyclic) bond motifs is 6. The van der Waals surface area contributed by atoms with Gasteiger partial charge in [-0.1, -0.05) is 231 Å². The van der Waals surface area contributed by atoms with Gasteiger partial charge in [0.1, 0.15) is 135 Å². The summed E-state index contributed by atoms with van der Waals surface area (Å²) < 4.78 is 94.7. The number of hydrogen-bond donors (Lipinski definition) is 4. The molecular formula is C116H94Br2F4O20. The molecule has 19 aromatic rings. The molecule has 142 heavy (non-hydrogen) atoms. The van der Waals surface area contributed by atoms with E-state index in [0.29, 0.717) is 74.3 Å².